The first kappa shape index (κ1) is 13.3. The van der Waals surface area contributed by atoms with Crippen LogP contribution in [0.5, 0.6) is 0 Å². The first-order valence-electron chi connectivity index (χ1n) is 5.73. The predicted molar refractivity (Wildman–Crippen MR) is 73.1 cm³/mol. The molecule has 0 saturated carbocycles. The van der Waals surface area contributed by atoms with Crippen LogP contribution < -0.4 is 5.32 Å². The van der Waals surface area contributed by atoms with E-state index in [0.29, 0.717) is 5.56 Å². The Kier molecular flexibility index (Phi) is 4.10. The van der Waals surface area contributed by atoms with E-state index in [1.165, 1.54) is 18.3 Å². The van der Waals surface area contributed by atoms with Gasteiger partial charge in [0.1, 0.15) is 0 Å². The van der Waals surface area contributed by atoms with Crippen molar-refractivity contribution in [3.8, 4) is 11.8 Å². The average molecular weight is 266 g/mol. The molecule has 1 aromatic carbocycles. The van der Waals surface area contributed by atoms with Crippen molar-refractivity contribution in [2.75, 3.05) is 5.32 Å². The van der Waals surface area contributed by atoms with Crippen molar-refractivity contribution in [2.24, 2.45) is 0 Å². The summed E-state index contributed by atoms with van der Waals surface area (Å²) in [7, 11) is 0. The van der Waals surface area contributed by atoms with Gasteiger partial charge in [0, 0.05) is 17.7 Å². The lowest BCUT2D eigenvalue weighted by molar-refractivity contribution is -0.111. The van der Waals surface area contributed by atoms with Crippen molar-refractivity contribution >= 4 is 17.6 Å². The Balaban J connectivity index is 2.14. The van der Waals surface area contributed by atoms with Crippen molar-refractivity contribution in [2.45, 2.75) is 0 Å². The maximum Gasteiger partial charge on any atom is 0.356 e. The molecule has 0 aliphatic carbocycles. The van der Waals surface area contributed by atoms with E-state index in [1.807, 2.05) is 18.2 Å². The zero-order valence-corrected chi connectivity index (χ0v) is 10.3. The van der Waals surface area contributed by atoms with Crippen LogP contribution in [0.4, 0.5) is 5.69 Å². The van der Waals surface area contributed by atoms with Crippen LogP contribution in [0, 0.1) is 11.8 Å². The number of carbonyl (C=O) groups is 2. The van der Waals surface area contributed by atoms with Crippen molar-refractivity contribution in [3.63, 3.8) is 0 Å². The van der Waals surface area contributed by atoms with Crippen molar-refractivity contribution in [1.82, 2.24) is 4.98 Å². The SMILES string of the molecule is O=C(C#Cc1ccccc1)Nc1cccnc1C(=O)O. The molecule has 2 N–H and O–H groups in total. The highest BCUT2D eigenvalue weighted by Crippen LogP contribution is 2.11. The minimum Gasteiger partial charge on any atom is -0.476 e. The number of hydrogen-bond acceptors (Lipinski definition) is 3. The topological polar surface area (TPSA) is 79.3 Å². The molecule has 2 aromatic rings. The fourth-order valence-electron chi connectivity index (χ4n) is 1.48. The summed E-state index contributed by atoms with van der Waals surface area (Å²) in [6.07, 6.45) is 1.34. The van der Waals surface area contributed by atoms with E-state index in [-0.39, 0.29) is 11.4 Å². The molecule has 98 valence electrons. The predicted octanol–water partition coefficient (Wildman–Crippen LogP) is 1.77. The first-order valence-corrected chi connectivity index (χ1v) is 5.73. The molecule has 20 heavy (non-hydrogen) atoms. The number of rotatable bonds is 2. The number of pyridine rings is 1. The van der Waals surface area contributed by atoms with Gasteiger partial charge in [-0.1, -0.05) is 24.1 Å². The van der Waals surface area contributed by atoms with Crippen molar-refractivity contribution < 1.29 is 14.7 Å². The summed E-state index contributed by atoms with van der Waals surface area (Å²) in [6, 6.07) is 12.0. The molecule has 0 unspecified atom stereocenters. The number of nitrogens with one attached hydrogen (secondary N) is 1. The molecule has 1 heterocycles. The highest BCUT2D eigenvalue weighted by molar-refractivity contribution is 6.07. The van der Waals surface area contributed by atoms with Crippen LogP contribution >= 0.6 is 0 Å². The molecule has 0 radical (unpaired) electrons. The number of carbonyl (C=O) groups excluding carboxylic acids is 1. The van der Waals surface area contributed by atoms with Crippen LogP contribution in [0.2, 0.25) is 0 Å². The lowest BCUT2D eigenvalue weighted by Crippen LogP contribution is -2.13. The van der Waals surface area contributed by atoms with Crippen molar-refractivity contribution in [1.29, 1.82) is 0 Å². The summed E-state index contributed by atoms with van der Waals surface area (Å²) >= 11 is 0. The highest BCUT2D eigenvalue weighted by Gasteiger charge is 2.12. The monoisotopic (exact) mass is 266 g/mol. The molecule has 0 aliphatic heterocycles. The number of nitrogens with zero attached hydrogens (tertiary/aromatic N) is 1. The summed E-state index contributed by atoms with van der Waals surface area (Å²) in [5.74, 6) is 3.27. The van der Waals surface area contributed by atoms with Gasteiger partial charge in [0.25, 0.3) is 0 Å². The number of carboxylic acid groups (broad SMARTS) is 1. The molecule has 0 fully saturated rings. The highest BCUT2D eigenvalue weighted by atomic mass is 16.4. The van der Waals surface area contributed by atoms with Gasteiger partial charge in [-0.15, -0.1) is 0 Å². The Morgan fingerprint density at radius 2 is 1.85 bits per heavy atom. The van der Waals surface area contributed by atoms with Crippen LogP contribution in [0.15, 0.2) is 48.7 Å². The lowest BCUT2D eigenvalue weighted by atomic mass is 10.2. The summed E-state index contributed by atoms with van der Waals surface area (Å²) in [4.78, 5) is 26.3. The lowest BCUT2D eigenvalue weighted by Gasteiger charge is -2.03. The molecule has 0 atom stereocenters. The fourth-order valence-corrected chi connectivity index (χ4v) is 1.48. The Labute approximate surface area is 115 Å². The molecule has 0 saturated heterocycles. The fraction of sp³-hybridized carbons (Fsp3) is 0. The summed E-state index contributed by atoms with van der Waals surface area (Å²) in [5, 5.41) is 11.3. The van der Waals surface area contributed by atoms with Crippen LogP contribution in [-0.2, 0) is 4.79 Å². The van der Waals surface area contributed by atoms with Crippen LogP contribution in [0.3, 0.4) is 0 Å². The standard InChI is InChI=1S/C15H10N2O3/c18-13(9-8-11-5-2-1-3-6-11)17-12-7-4-10-16-14(12)15(19)20/h1-7,10H,(H,17,18)(H,19,20). The third kappa shape index (κ3) is 3.43. The van der Waals surface area contributed by atoms with Crippen LogP contribution in [0.25, 0.3) is 0 Å². The number of hydrogen-bond donors (Lipinski definition) is 2. The molecular formula is C15H10N2O3. The molecule has 0 spiro atoms. The largest absolute Gasteiger partial charge is 0.476 e. The zero-order valence-electron chi connectivity index (χ0n) is 10.3. The molecule has 0 bridgehead atoms. The zero-order chi connectivity index (χ0) is 14.4. The van der Waals surface area contributed by atoms with E-state index in [1.54, 1.807) is 12.1 Å². The van der Waals surface area contributed by atoms with Gasteiger partial charge in [-0.3, -0.25) is 4.79 Å². The van der Waals surface area contributed by atoms with E-state index in [0.717, 1.165) is 0 Å². The van der Waals surface area contributed by atoms with Gasteiger partial charge in [-0.25, -0.2) is 9.78 Å². The molecule has 5 nitrogen and oxygen atoms in total. The quantitative estimate of drug-likeness (QED) is 0.812. The van der Waals surface area contributed by atoms with Gasteiger partial charge in [0.2, 0.25) is 0 Å². The third-order valence-electron chi connectivity index (χ3n) is 2.35. The minimum absolute atomic E-state index is 0.118. The van der Waals surface area contributed by atoms with Gasteiger partial charge in [0.05, 0.1) is 5.69 Å². The van der Waals surface area contributed by atoms with E-state index in [2.05, 4.69) is 22.1 Å². The molecule has 1 aromatic heterocycles. The Morgan fingerprint density at radius 1 is 1.10 bits per heavy atom. The number of anilines is 1. The van der Waals surface area contributed by atoms with Gasteiger partial charge in [-0.05, 0) is 24.3 Å². The Morgan fingerprint density at radius 3 is 2.55 bits per heavy atom. The van der Waals surface area contributed by atoms with E-state index in [9.17, 15) is 9.59 Å². The van der Waals surface area contributed by atoms with Crippen LogP contribution in [0.1, 0.15) is 16.1 Å². The maximum atomic E-state index is 11.7. The van der Waals surface area contributed by atoms with Gasteiger partial charge >= 0.3 is 11.9 Å². The Hall–Kier alpha value is -3.13. The second-order valence-corrected chi connectivity index (χ2v) is 3.77. The van der Waals surface area contributed by atoms with Gasteiger partial charge < -0.3 is 10.4 Å². The summed E-state index contributed by atoms with van der Waals surface area (Å²) in [5.41, 5.74) is 0.599. The molecule has 5 heteroatoms. The Bertz CT molecular complexity index is 700. The third-order valence-corrected chi connectivity index (χ3v) is 2.35. The van der Waals surface area contributed by atoms with E-state index < -0.39 is 11.9 Å². The second-order valence-electron chi connectivity index (χ2n) is 3.77. The summed E-state index contributed by atoms with van der Waals surface area (Å²) in [6.45, 7) is 0. The maximum absolute atomic E-state index is 11.7. The van der Waals surface area contributed by atoms with Gasteiger partial charge in [0.15, 0.2) is 5.69 Å². The van der Waals surface area contributed by atoms with Crippen molar-refractivity contribution in [3.05, 3.63) is 59.9 Å². The number of aromatic carboxylic acids is 1. The van der Waals surface area contributed by atoms with Gasteiger partial charge in [-0.2, -0.15) is 0 Å². The number of aromatic nitrogens is 1. The molecule has 0 aliphatic rings. The smallest absolute Gasteiger partial charge is 0.356 e. The summed E-state index contributed by atoms with van der Waals surface area (Å²) < 4.78 is 0. The first-order chi connectivity index (χ1) is 9.66. The average Bonchev–Trinajstić information content (AvgIpc) is 2.46. The second kappa shape index (κ2) is 6.16. The number of carboxylic acids is 1. The molecule has 2 rings (SSSR count). The normalized spacial score (nSPS) is 9.20. The van der Waals surface area contributed by atoms with Crippen LogP contribution in [-0.4, -0.2) is 22.0 Å². The number of amides is 1. The minimum atomic E-state index is -1.21. The molecule has 1 amide bonds. The van der Waals surface area contributed by atoms with E-state index >= 15 is 0 Å². The molecular weight excluding hydrogens is 256 g/mol. The van der Waals surface area contributed by atoms with E-state index in [4.69, 9.17) is 5.11 Å². The number of benzene rings is 1.